The van der Waals surface area contributed by atoms with E-state index >= 15 is 0 Å². The average Bonchev–Trinajstić information content (AvgIpc) is 3.35. The van der Waals surface area contributed by atoms with E-state index < -0.39 is 11.7 Å². The number of ether oxygens (including phenoxy) is 3. The third kappa shape index (κ3) is 3.86. The second-order valence-electron chi connectivity index (χ2n) is 8.69. The zero-order chi connectivity index (χ0) is 23.4. The van der Waals surface area contributed by atoms with Gasteiger partial charge in [0.05, 0.1) is 17.7 Å². The first-order chi connectivity index (χ1) is 15.6. The van der Waals surface area contributed by atoms with Crippen molar-refractivity contribution in [2.75, 3.05) is 11.9 Å². The van der Waals surface area contributed by atoms with Crippen molar-refractivity contribution in [2.45, 2.75) is 38.9 Å². The van der Waals surface area contributed by atoms with Crippen LogP contribution in [-0.2, 0) is 16.6 Å². The fourth-order valence-electron chi connectivity index (χ4n) is 3.95. The first-order valence-electron chi connectivity index (χ1n) is 10.6. The number of nitrogens with zero attached hydrogens (tertiary/aromatic N) is 1. The highest BCUT2D eigenvalue weighted by Gasteiger charge is 2.44. The SMILES string of the molecule is Cc1ccc(NC(=O)C(C)(C)c2ccc3c(c2)OC(F)(F)O3)nc1-c1ccc2c(c1)OCC2. The third-order valence-electron chi connectivity index (χ3n) is 6.00. The van der Waals surface area contributed by atoms with Crippen LogP contribution in [0.4, 0.5) is 14.6 Å². The fraction of sp³-hybridized carbons (Fsp3) is 0.280. The smallest absolute Gasteiger partial charge is 0.493 e. The van der Waals surface area contributed by atoms with Crippen molar-refractivity contribution in [1.29, 1.82) is 0 Å². The van der Waals surface area contributed by atoms with Crippen molar-refractivity contribution in [1.82, 2.24) is 4.98 Å². The van der Waals surface area contributed by atoms with Gasteiger partial charge in [-0.05, 0) is 61.7 Å². The Morgan fingerprint density at radius 3 is 2.64 bits per heavy atom. The van der Waals surface area contributed by atoms with Gasteiger partial charge < -0.3 is 19.5 Å². The van der Waals surface area contributed by atoms with Crippen LogP contribution in [0.5, 0.6) is 17.2 Å². The minimum absolute atomic E-state index is 0.0665. The average molecular weight is 452 g/mol. The van der Waals surface area contributed by atoms with E-state index in [4.69, 9.17) is 4.74 Å². The van der Waals surface area contributed by atoms with E-state index in [0.29, 0.717) is 18.0 Å². The molecule has 8 heteroatoms. The molecule has 33 heavy (non-hydrogen) atoms. The number of aryl methyl sites for hydroxylation is 1. The summed E-state index contributed by atoms with van der Waals surface area (Å²) in [6.07, 6.45) is -2.82. The molecule has 0 bridgehead atoms. The number of fused-ring (bicyclic) bond motifs is 2. The van der Waals surface area contributed by atoms with Crippen molar-refractivity contribution < 1.29 is 27.8 Å². The van der Waals surface area contributed by atoms with Crippen LogP contribution in [-0.4, -0.2) is 23.8 Å². The van der Waals surface area contributed by atoms with Gasteiger partial charge in [0.15, 0.2) is 11.5 Å². The Balaban J connectivity index is 1.39. The molecule has 1 N–H and O–H groups in total. The highest BCUT2D eigenvalue weighted by molar-refractivity contribution is 5.98. The monoisotopic (exact) mass is 452 g/mol. The largest absolute Gasteiger partial charge is 0.586 e. The molecular weight excluding hydrogens is 430 g/mol. The number of anilines is 1. The van der Waals surface area contributed by atoms with Crippen LogP contribution >= 0.6 is 0 Å². The van der Waals surface area contributed by atoms with Crippen molar-refractivity contribution in [3.8, 4) is 28.5 Å². The van der Waals surface area contributed by atoms with E-state index in [1.807, 2.05) is 31.2 Å². The maximum absolute atomic E-state index is 13.4. The number of hydrogen-bond acceptors (Lipinski definition) is 5. The van der Waals surface area contributed by atoms with Gasteiger partial charge in [-0.3, -0.25) is 4.79 Å². The maximum Gasteiger partial charge on any atom is 0.586 e. The molecule has 0 saturated heterocycles. The Kier molecular flexibility index (Phi) is 4.77. The number of nitrogens with one attached hydrogen (secondary N) is 1. The second kappa shape index (κ2) is 7.43. The topological polar surface area (TPSA) is 69.7 Å². The summed E-state index contributed by atoms with van der Waals surface area (Å²) in [5.74, 6) is 0.740. The van der Waals surface area contributed by atoms with Gasteiger partial charge in [-0.15, -0.1) is 8.78 Å². The van der Waals surface area contributed by atoms with E-state index in [1.165, 1.54) is 17.7 Å². The van der Waals surface area contributed by atoms with Gasteiger partial charge in [-0.2, -0.15) is 0 Å². The highest BCUT2D eigenvalue weighted by atomic mass is 19.3. The van der Waals surface area contributed by atoms with Crippen molar-refractivity contribution in [3.05, 3.63) is 65.2 Å². The first kappa shape index (κ1) is 21.2. The Morgan fingerprint density at radius 1 is 1.03 bits per heavy atom. The molecule has 3 aromatic rings. The predicted molar refractivity (Wildman–Crippen MR) is 118 cm³/mol. The lowest BCUT2D eigenvalue weighted by atomic mass is 9.83. The number of pyridine rings is 1. The van der Waals surface area contributed by atoms with Crippen molar-refractivity contribution in [2.24, 2.45) is 0 Å². The van der Waals surface area contributed by atoms with Crippen LogP contribution in [0, 0.1) is 6.92 Å². The number of amides is 1. The van der Waals surface area contributed by atoms with Crippen LogP contribution in [0.15, 0.2) is 48.5 Å². The molecule has 6 nitrogen and oxygen atoms in total. The van der Waals surface area contributed by atoms with Crippen LogP contribution < -0.4 is 19.5 Å². The summed E-state index contributed by atoms with van der Waals surface area (Å²) in [5.41, 5.74) is 3.23. The Bertz CT molecular complexity index is 1270. The van der Waals surface area contributed by atoms with E-state index in [-0.39, 0.29) is 17.4 Å². The molecule has 2 aliphatic heterocycles. The number of rotatable bonds is 4. The van der Waals surface area contributed by atoms with Crippen LogP contribution in [0.1, 0.15) is 30.5 Å². The Morgan fingerprint density at radius 2 is 1.82 bits per heavy atom. The van der Waals surface area contributed by atoms with E-state index in [9.17, 15) is 13.6 Å². The summed E-state index contributed by atoms with van der Waals surface area (Å²) in [6.45, 7) is 6.03. The zero-order valence-electron chi connectivity index (χ0n) is 18.4. The molecule has 0 fully saturated rings. The number of alkyl halides is 2. The van der Waals surface area contributed by atoms with Gasteiger partial charge in [-0.25, -0.2) is 4.98 Å². The lowest BCUT2D eigenvalue weighted by Gasteiger charge is -2.24. The molecule has 0 atom stereocenters. The van der Waals surface area contributed by atoms with Crippen LogP contribution in [0.25, 0.3) is 11.3 Å². The fourth-order valence-corrected chi connectivity index (χ4v) is 3.95. The highest BCUT2D eigenvalue weighted by Crippen LogP contribution is 2.43. The molecule has 0 spiro atoms. The quantitative estimate of drug-likeness (QED) is 0.587. The molecule has 0 saturated carbocycles. The molecule has 0 aliphatic carbocycles. The molecule has 5 rings (SSSR count). The Labute approximate surface area is 189 Å². The minimum Gasteiger partial charge on any atom is -0.493 e. The molecule has 2 aromatic carbocycles. The van der Waals surface area contributed by atoms with Crippen LogP contribution in [0.2, 0.25) is 0 Å². The molecule has 2 aliphatic rings. The standard InChI is InChI=1S/C25H22F2N2O4/c1-14-4-9-21(28-22(14)16-6-5-15-10-11-31-19(15)12-16)29-23(30)24(2,3)17-7-8-18-20(13-17)33-25(26,27)32-18/h4-9,12-13H,10-11H2,1-3H3,(H,28,29,30). The molecule has 1 amide bonds. The number of carbonyl (C=O) groups is 1. The summed E-state index contributed by atoms with van der Waals surface area (Å²) in [7, 11) is 0. The minimum atomic E-state index is -3.71. The van der Waals surface area contributed by atoms with E-state index in [0.717, 1.165) is 29.0 Å². The number of halogens is 2. The van der Waals surface area contributed by atoms with Gasteiger partial charge >= 0.3 is 6.29 Å². The van der Waals surface area contributed by atoms with E-state index in [1.54, 1.807) is 26.0 Å². The summed E-state index contributed by atoms with van der Waals surface area (Å²) in [6, 6.07) is 14.0. The summed E-state index contributed by atoms with van der Waals surface area (Å²) < 4.78 is 41.3. The van der Waals surface area contributed by atoms with Gasteiger partial charge in [0, 0.05) is 12.0 Å². The summed E-state index contributed by atoms with van der Waals surface area (Å²) in [5, 5.41) is 2.85. The van der Waals surface area contributed by atoms with Crippen LogP contribution in [0.3, 0.4) is 0 Å². The van der Waals surface area contributed by atoms with Gasteiger partial charge in [0.1, 0.15) is 11.6 Å². The predicted octanol–water partition coefficient (Wildman–Crippen LogP) is 5.23. The van der Waals surface area contributed by atoms with Gasteiger partial charge in [-0.1, -0.05) is 24.3 Å². The maximum atomic E-state index is 13.4. The van der Waals surface area contributed by atoms with Gasteiger partial charge in [0.2, 0.25) is 5.91 Å². The van der Waals surface area contributed by atoms with E-state index in [2.05, 4.69) is 19.8 Å². The second-order valence-corrected chi connectivity index (χ2v) is 8.69. The summed E-state index contributed by atoms with van der Waals surface area (Å²) >= 11 is 0. The first-order valence-corrected chi connectivity index (χ1v) is 10.6. The lowest BCUT2D eigenvalue weighted by Crippen LogP contribution is -2.35. The molecule has 0 radical (unpaired) electrons. The number of hydrogen-bond donors (Lipinski definition) is 1. The normalized spacial score (nSPS) is 15.7. The van der Waals surface area contributed by atoms with Crippen molar-refractivity contribution in [3.63, 3.8) is 0 Å². The molecule has 3 heterocycles. The number of aromatic nitrogens is 1. The third-order valence-corrected chi connectivity index (χ3v) is 6.00. The number of carbonyl (C=O) groups excluding carboxylic acids is 1. The Hall–Kier alpha value is -3.68. The number of benzene rings is 2. The van der Waals surface area contributed by atoms with Crippen molar-refractivity contribution >= 4 is 11.7 Å². The molecule has 170 valence electrons. The molecular formula is C25H22F2N2O4. The lowest BCUT2D eigenvalue weighted by molar-refractivity contribution is -0.286. The molecule has 1 aromatic heterocycles. The zero-order valence-corrected chi connectivity index (χ0v) is 18.4. The van der Waals surface area contributed by atoms with Gasteiger partial charge in [0.25, 0.3) is 0 Å². The molecule has 0 unspecified atom stereocenters. The summed E-state index contributed by atoms with van der Waals surface area (Å²) in [4.78, 5) is 17.8.